The van der Waals surface area contributed by atoms with E-state index in [9.17, 15) is 14.0 Å². The van der Waals surface area contributed by atoms with Gasteiger partial charge in [-0.15, -0.1) is 0 Å². The summed E-state index contributed by atoms with van der Waals surface area (Å²) >= 11 is 6.57. The molecule has 0 bridgehead atoms. The van der Waals surface area contributed by atoms with Gasteiger partial charge in [0.15, 0.2) is 0 Å². The molecule has 1 aromatic carbocycles. The van der Waals surface area contributed by atoms with E-state index in [-0.39, 0.29) is 27.7 Å². The Morgan fingerprint density at radius 3 is 2.65 bits per heavy atom. The average molecular weight is 382 g/mol. The van der Waals surface area contributed by atoms with Crippen LogP contribution in [0.4, 0.5) is 10.1 Å². The van der Waals surface area contributed by atoms with Crippen molar-refractivity contribution in [1.29, 1.82) is 0 Å². The monoisotopic (exact) mass is 381 g/mol. The van der Waals surface area contributed by atoms with Gasteiger partial charge < -0.3 is 16.5 Å². The van der Waals surface area contributed by atoms with Gasteiger partial charge in [-0.2, -0.15) is 4.68 Å². The molecule has 2 aliphatic rings. The zero-order valence-corrected chi connectivity index (χ0v) is 15.0. The van der Waals surface area contributed by atoms with Gasteiger partial charge in [0, 0.05) is 19.1 Å². The zero-order valence-electron chi connectivity index (χ0n) is 14.3. The first kappa shape index (κ1) is 17.4. The summed E-state index contributed by atoms with van der Waals surface area (Å²) in [5.74, 6) is 5.42. The van der Waals surface area contributed by atoms with Crippen LogP contribution in [0.15, 0.2) is 15.7 Å². The van der Waals surface area contributed by atoms with E-state index in [0.29, 0.717) is 30.2 Å². The molecule has 4 rings (SSSR count). The molecule has 7 nitrogen and oxygen atoms in total. The van der Waals surface area contributed by atoms with Crippen LogP contribution in [0.5, 0.6) is 0 Å². The van der Waals surface area contributed by atoms with E-state index in [1.807, 2.05) is 4.90 Å². The second-order valence-electron chi connectivity index (χ2n) is 7.15. The smallest absolute Gasteiger partial charge is 0.350 e. The van der Waals surface area contributed by atoms with Crippen molar-refractivity contribution in [2.45, 2.75) is 31.7 Å². The van der Waals surface area contributed by atoms with Crippen molar-refractivity contribution in [3.63, 3.8) is 0 Å². The molecule has 1 saturated heterocycles. The Morgan fingerprint density at radius 1 is 1.27 bits per heavy atom. The average Bonchev–Trinajstić information content (AvgIpc) is 3.34. The largest absolute Gasteiger partial charge is 0.368 e. The third-order valence-corrected chi connectivity index (χ3v) is 5.72. The first-order chi connectivity index (χ1) is 12.4. The Hall–Kier alpha value is -2.06. The SMILES string of the molecule is NCCC1CCN(c2c(F)cc3c(=O)n(N)c(=O)n(C4CC4)c3c2Cl)C1. The van der Waals surface area contributed by atoms with Crippen molar-refractivity contribution in [3.8, 4) is 0 Å². The summed E-state index contributed by atoms with van der Waals surface area (Å²) in [6, 6.07) is 1.09. The van der Waals surface area contributed by atoms with E-state index < -0.39 is 17.1 Å². The lowest BCUT2D eigenvalue weighted by atomic mass is 10.1. The number of benzene rings is 1. The van der Waals surface area contributed by atoms with Crippen LogP contribution >= 0.6 is 11.6 Å². The van der Waals surface area contributed by atoms with Crippen LogP contribution in [0.25, 0.3) is 10.9 Å². The topological polar surface area (TPSA) is 99.3 Å². The van der Waals surface area contributed by atoms with Crippen molar-refractivity contribution in [3.05, 3.63) is 37.7 Å². The minimum Gasteiger partial charge on any atom is -0.368 e. The summed E-state index contributed by atoms with van der Waals surface area (Å²) in [5, 5.41) is 0.137. The molecule has 0 spiro atoms. The highest BCUT2D eigenvalue weighted by molar-refractivity contribution is 6.38. The number of halogens is 2. The molecule has 1 aliphatic heterocycles. The molecule has 0 amide bonds. The number of nitrogen functional groups attached to an aromatic ring is 1. The number of rotatable bonds is 4. The third-order valence-electron chi connectivity index (χ3n) is 5.36. The summed E-state index contributed by atoms with van der Waals surface area (Å²) in [4.78, 5) is 26.8. The van der Waals surface area contributed by atoms with E-state index in [0.717, 1.165) is 31.7 Å². The Kier molecular flexibility index (Phi) is 4.19. The lowest BCUT2D eigenvalue weighted by Crippen LogP contribution is -2.44. The van der Waals surface area contributed by atoms with Gasteiger partial charge in [-0.3, -0.25) is 9.36 Å². The molecule has 140 valence electrons. The molecular weight excluding hydrogens is 361 g/mol. The number of nitrogens with two attached hydrogens (primary N) is 2. The van der Waals surface area contributed by atoms with E-state index in [1.165, 1.54) is 4.57 Å². The van der Waals surface area contributed by atoms with Gasteiger partial charge in [-0.25, -0.2) is 9.18 Å². The number of anilines is 1. The minimum atomic E-state index is -0.739. The van der Waals surface area contributed by atoms with Crippen LogP contribution in [0.2, 0.25) is 5.02 Å². The number of hydrogen-bond acceptors (Lipinski definition) is 5. The highest BCUT2D eigenvalue weighted by atomic mass is 35.5. The fraction of sp³-hybridized carbons (Fsp3) is 0.529. The summed E-state index contributed by atoms with van der Waals surface area (Å²) in [7, 11) is 0. The van der Waals surface area contributed by atoms with Gasteiger partial charge in [-0.05, 0) is 44.2 Å². The first-order valence-electron chi connectivity index (χ1n) is 8.83. The van der Waals surface area contributed by atoms with Gasteiger partial charge in [0.25, 0.3) is 5.56 Å². The number of aromatic nitrogens is 2. The Labute approximate surface area is 153 Å². The van der Waals surface area contributed by atoms with Crippen molar-refractivity contribution in [2.75, 3.05) is 30.4 Å². The molecule has 9 heteroatoms. The number of fused-ring (bicyclic) bond motifs is 1. The van der Waals surface area contributed by atoms with Crippen LogP contribution in [-0.2, 0) is 0 Å². The predicted octanol–water partition coefficient (Wildman–Crippen LogP) is 1.18. The molecule has 1 atom stereocenters. The van der Waals surface area contributed by atoms with Crippen LogP contribution in [0.3, 0.4) is 0 Å². The van der Waals surface area contributed by atoms with Gasteiger partial charge in [0.2, 0.25) is 0 Å². The zero-order chi connectivity index (χ0) is 18.6. The molecule has 0 radical (unpaired) electrons. The van der Waals surface area contributed by atoms with E-state index in [1.54, 1.807) is 0 Å². The van der Waals surface area contributed by atoms with Crippen LogP contribution in [-0.4, -0.2) is 28.9 Å². The third kappa shape index (κ3) is 2.59. The highest BCUT2D eigenvalue weighted by Crippen LogP contribution is 2.41. The quantitative estimate of drug-likeness (QED) is 0.775. The maximum absolute atomic E-state index is 14.9. The highest BCUT2D eigenvalue weighted by Gasteiger charge is 2.32. The molecular formula is C17H21ClFN5O2. The molecule has 1 saturated carbocycles. The van der Waals surface area contributed by atoms with Crippen LogP contribution in [0, 0.1) is 11.7 Å². The molecule has 1 aliphatic carbocycles. The van der Waals surface area contributed by atoms with Gasteiger partial charge >= 0.3 is 5.69 Å². The first-order valence-corrected chi connectivity index (χ1v) is 9.21. The van der Waals surface area contributed by atoms with E-state index in [2.05, 4.69) is 0 Å². The van der Waals surface area contributed by atoms with Crippen molar-refractivity contribution in [1.82, 2.24) is 9.24 Å². The second-order valence-corrected chi connectivity index (χ2v) is 7.53. The molecule has 2 aromatic rings. The lowest BCUT2D eigenvalue weighted by molar-refractivity contribution is 0.545. The molecule has 2 fully saturated rings. The normalized spacial score (nSPS) is 20.3. The number of hydrogen-bond donors (Lipinski definition) is 2. The van der Waals surface area contributed by atoms with Crippen LogP contribution < -0.4 is 27.7 Å². The maximum atomic E-state index is 14.9. The fourth-order valence-electron chi connectivity index (χ4n) is 3.89. The molecule has 1 aromatic heterocycles. The van der Waals surface area contributed by atoms with E-state index >= 15 is 0 Å². The van der Waals surface area contributed by atoms with Crippen molar-refractivity contribution in [2.24, 2.45) is 11.7 Å². The molecule has 1 unspecified atom stereocenters. The Morgan fingerprint density at radius 2 is 2.00 bits per heavy atom. The predicted molar refractivity (Wildman–Crippen MR) is 99.8 cm³/mol. The van der Waals surface area contributed by atoms with Crippen molar-refractivity contribution >= 4 is 28.2 Å². The lowest BCUT2D eigenvalue weighted by Gasteiger charge is -2.23. The van der Waals surface area contributed by atoms with Gasteiger partial charge in [0.1, 0.15) is 5.82 Å². The Bertz CT molecular complexity index is 998. The Balaban J connectivity index is 1.94. The fourth-order valence-corrected chi connectivity index (χ4v) is 4.30. The number of nitrogens with zero attached hydrogens (tertiary/aromatic N) is 3. The van der Waals surface area contributed by atoms with Crippen molar-refractivity contribution < 1.29 is 4.39 Å². The molecule has 4 N–H and O–H groups in total. The second kappa shape index (κ2) is 6.28. The van der Waals surface area contributed by atoms with Gasteiger partial charge in [-0.1, -0.05) is 11.6 Å². The maximum Gasteiger partial charge on any atom is 0.350 e. The minimum absolute atomic E-state index is 0.0305. The molecule has 26 heavy (non-hydrogen) atoms. The molecule has 2 heterocycles. The summed E-state index contributed by atoms with van der Waals surface area (Å²) in [6.45, 7) is 1.90. The summed E-state index contributed by atoms with van der Waals surface area (Å²) in [6.07, 6.45) is 3.38. The van der Waals surface area contributed by atoms with Gasteiger partial charge in [0.05, 0.1) is 21.6 Å². The standard InChI is InChI=1S/C17H21ClFN5O2/c18-13-14-11(16(25)24(21)17(26)23(14)10-1-2-10)7-12(19)15(13)22-6-4-9(8-22)3-5-20/h7,9-10H,1-6,8,20-21H2. The van der Waals surface area contributed by atoms with E-state index in [4.69, 9.17) is 23.2 Å². The summed E-state index contributed by atoms with van der Waals surface area (Å²) in [5.41, 5.74) is 4.80. The summed E-state index contributed by atoms with van der Waals surface area (Å²) < 4.78 is 16.8. The van der Waals surface area contributed by atoms with Crippen LogP contribution in [0.1, 0.15) is 31.7 Å².